The zero-order chi connectivity index (χ0) is 18.8. The molecule has 26 heavy (non-hydrogen) atoms. The predicted octanol–water partition coefficient (Wildman–Crippen LogP) is 4.26. The minimum atomic E-state index is -0.388. The number of hydrogen-bond acceptors (Lipinski definition) is 3. The zero-order valence-electron chi connectivity index (χ0n) is 14.1. The molecule has 0 radical (unpaired) electrons. The van der Waals surface area contributed by atoms with E-state index in [-0.39, 0.29) is 11.7 Å². The number of carbonyl (C=O) groups excluding carboxylic acids is 1. The van der Waals surface area contributed by atoms with Gasteiger partial charge in [0.25, 0.3) is 5.91 Å². The SMILES string of the molecule is CCn1cc(Br)c(C(=O)Nc2cc(C)n(Cc3ccc(F)cc3Cl)n2)n1. The number of amides is 1. The van der Waals surface area contributed by atoms with Gasteiger partial charge in [-0.15, -0.1) is 0 Å². The van der Waals surface area contributed by atoms with Gasteiger partial charge in [-0.3, -0.25) is 14.2 Å². The minimum Gasteiger partial charge on any atom is -0.304 e. The van der Waals surface area contributed by atoms with Crippen LogP contribution >= 0.6 is 27.5 Å². The number of aryl methyl sites for hydroxylation is 2. The van der Waals surface area contributed by atoms with E-state index < -0.39 is 0 Å². The molecule has 3 rings (SSSR count). The largest absolute Gasteiger partial charge is 0.304 e. The summed E-state index contributed by atoms with van der Waals surface area (Å²) >= 11 is 9.40. The molecule has 0 aliphatic carbocycles. The Labute approximate surface area is 163 Å². The molecule has 136 valence electrons. The van der Waals surface area contributed by atoms with Gasteiger partial charge in [0.2, 0.25) is 0 Å². The highest BCUT2D eigenvalue weighted by molar-refractivity contribution is 9.10. The van der Waals surface area contributed by atoms with Crippen LogP contribution in [-0.4, -0.2) is 25.5 Å². The zero-order valence-corrected chi connectivity index (χ0v) is 16.5. The van der Waals surface area contributed by atoms with Gasteiger partial charge in [0, 0.05) is 29.5 Å². The van der Waals surface area contributed by atoms with Crippen molar-refractivity contribution >= 4 is 39.3 Å². The number of benzene rings is 1. The molecule has 0 atom stereocenters. The molecule has 3 aromatic rings. The second-order valence-electron chi connectivity index (χ2n) is 5.70. The Morgan fingerprint density at radius 2 is 2.12 bits per heavy atom. The van der Waals surface area contributed by atoms with Crippen LogP contribution in [0.1, 0.15) is 28.7 Å². The van der Waals surface area contributed by atoms with E-state index in [0.717, 1.165) is 11.3 Å². The number of anilines is 1. The van der Waals surface area contributed by atoms with Crippen LogP contribution in [0.25, 0.3) is 0 Å². The van der Waals surface area contributed by atoms with Crippen molar-refractivity contribution in [3.8, 4) is 0 Å². The summed E-state index contributed by atoms with van der Waals surface area (Å²) in [5.74, 6) is -0.335. The van der Waals surface area contributed by atoms with Crippen molar-refractivity contribution in [2.75, 3.05) is 5.32 Å². The summed E-state index contributed by atoms with van der Waals surface area (Å²) in [5, 5.41) is 11.7. The molecule has 0 saturated heterocycles. The maximum atomic E-state index is 13.2. The Kier molecular flexibility index (Phi) is 5.43. The van der Waals surface area contributed by atoms with E-state index in [1.165, 1.54) is 12.1 Å². The van der Waals surface area contributed by atoms with Crippen LogP contribution in [0.4, 0.5) is 10.2 Å². The molecule has 1 amide bonds. The fourth-order valence-electron chi connectivity index (χ4n) is 2.43. The summed E-state index contributed by atoms with van der Waals surface area (Å²) in [6, 6.07) is 5.98. The lowest BCUT2D eigenvalue weighted by Gasteiger charge is -2.06. The van der Waals surface area contributed by atoms with E-state index in [0.29, 0.717) is 34.1 Å². The average Bonchev–Trinajstić information content (AvgIpc) is 3.12. The third kappa shape index (κ3) is 3.96. The first-order valence-corrected chi connectivity index (χ1v) is 9.07. The second-order valence-corrected chi connectivity index (χ2v) is 6.96. The van der Waals surface area contributed by atoms with Gasteiger partial charge in [-0.25, -0.2) is 4.39 Å². The molecular weight excluding hydrogens is 425 g/mol. The summed E-state index contributed by atoms with van der Waals surface area (Å²) < 4.78 is 17.1. The van der Waals surface area contributed by atoms with E-state index in [4.69, 9.17) is 11.6 Å². The predicted molar refractivity (Wildman–Crippen MR) is 101 cm³/mol. The maximum absolute atomic E-state index is 13.2. The summed E-state index contributed by atoms with van der Waals surface area (Å²) in [7, 11) is 0. The van der Waals surface area contributed by atoms with Crippen LogP contribution in [0.5, 0.6) is 0 Å². The Balaban J connectivity index is 1.77. The third-order valence-corrected chi connectivity index (χ3v) is 4.75. The van der Waals surface area contributed by atoms with Gasteiger partial charge in [-0.05, 0) is 47.5 Å². The molecule has 1 N–H and O–H groups in total. The fourth-order valence-corrected chi connectivity index (χ4v) is 3.15. The number of hydrogen-bond donors (Lipinski definition) is 1. The molecule has 0 aliphatic heterocycles. The van der Waals surface area contributed by atoms with E-state index in [9.17, 15) is 9.18 Å². The van der Waals surface area contributed by atoms with Crippen LogP contribution in [0.2, 0.25) is 5.02 Å². The quantitative estimate of drug-likeness (QED) is 0.644. The van der Waals surface area contributed by atoms with E-state index in [1.807, 2.05) is 13.8 Å². The van der Waals surface area contributed by atoms with Crippen LogP contribution in [0.3, 0.4) is 0 Å². The highest BCUT2D eigenvalue weighted by Crippen LogP contribution is 2.21. The number of nitrogens with one attached hydrogen (secondary N) is 1. The summed E-state index contributed by atoms with van der Waals surface area (Å²) in [6.45, 7) is 4.83. The molecule has 0 unspecified atom stereocenters. The molecule has 0 aliphatic rings. The van der Waals surface area contributed by atoms with Crippen molar-refractivity contribution in [2.24, 2.45) is 0 Å². The average molecular weight is 441 g/mol. The van der Waals surface area contributed by atoms with Gasteiger partial charge in [0.05, 0.1) is 11.0 Å². The van der Waals surface area contributed by atoms with Crippen LogP contribution in [-0.2, 0) is 13.1 Å². The Bertz CT molecular complexity index is 968. The minimum absolute atomic E-state index is 0.292. The number of carbonyl (C=O) groups is 1. The first-order chi connectivity index (χ1) is 12.4. The molecule has 0 fully saturated rings. The smallest absolute Gasteiger partial charge is 0.278 e. The number of aromatic nitrogens is 4. The molecule has 0 spiro atoms. The first-order valence-electron chi connectivity index (χ1n) is 7.90. The maximum Gasteiger partial charge on any atom is 0.278 e. The Morgan fingerprint density at radius 1 is 1.35 bits per heavy atom. The van der Waals surface area contributed by atoms with Gasteiger partial charge in [-0.1, -0.05) is 17.7 Å². The third-order valence-electron chi connectivity index (χ3n) is 3.81. The summed E-state index contributed by atoms with van der Waals surface area (Å²) in [4.78, 5) is 12.4. The van der Waals surface area contributed by atoms with E-state index in [2.05, 4.69) is 31.4 Å². The van der Waals surface area contributed by atoms with Crippen molar-refractivity contribution in [3.05, 3.63) is 62.7 Å². The van der Waals surface area contributed by atoms with Crippen LogP contribution in [0.15, 0.2) is 34.9 Å². The van der Waals surface area contributed by atoms with E-state index >= 15 is 0 Å². The van der Waals surface area contributed by atoms with Crippen molar-refractivity contribution in [3.63, 3.8) is 0 Å². The highest BCUT2D eigenvalue weighted by Gasteiger charge is 2.17. The van der Waals surface area contributed by atoms with Crippen molar-refractivity contribution in [1.82, 2.24) is 19.6 Å². The molecule has 6 nitrogen and oxygen atoms in total. The van der Waals surface area contributed by atoms with Gasteiger partial charge >= 0.3 is 0 Å². The molecule has 1 aromatic carbocycles. The fraction of sp³-hybridized carbons (Fsp3) is 0.235. The Morgan fingerprint density at radius 3 is 2.77 bits per heavy atom. The van der Waals surface area contributed by atoms with Gasteiger partial charge in [0.15, 0.2) is 11.5 Å². The van der Waals surface area contributed by atoms with E-state index in [1.54, 1.807) is 27.7 Å². The molecule has 2 heterocycles. The van der Waals surface area contributed by atoms with Gasteiger partial charge in [0.1, 0.15) is 5.82 Å². The Hall–Kier alpha value is -2.19. The molecule has 0 bridgehead atoms. The number of nitrogens with zero attached hydrogens (tertiary/aromatic N) is 4. The molecule has 0 saturated carbocycles. The van der Waals surface area contributed by atoms with Gasteiger partial charge in [-0.2, -0.15) is 10.2 Å². The van der Waals surface area contributed by atoms with Crippen LogP contribution in [0, 0.1) is 12.7 Å². The van der Waals surface area contributed by atoms with Crippen molar-refractivity contribution in [1.29, 1.82) is 0 Å². The summed E-state index contributed by atoms with van der Waals surface area (Å²) in [6.07, 6.45) is 1.75. The van der Waals surface area contributed by atoms with Crippen molar-refractivity contribution in [2.45, 2.75) is 26.9 Å². The second kappa shape index (κ2) is 7.59. The van der Waals surface area contributed by atoms with Gasteiger partial charge < -0.3 is 5.32 Å². The topological polar surface area (TPSA) is 64.7 Å². The number of rotatable bonds is 5. The molecular formula is C17H16BrClFN5O. The highest BCUT2D eigenvalue weighted by atomic mass is 79.9. The monoisotopic (exact) mass is 439 g/mol. The number of halogens is 3. The first kappa shape index (κ1) is 18.6. The lowest BCUT2D eigenvalue weighted by Crippen LogP contribution is -2.14. The summed E-state index contributed by atoms with van der Waals surface area (Å²) in [5.41, 5.74) is 1.86. The van der Waals surface area contributed by atoms with Crippen molar-refractivity contribution < 1.29 is 9.18 Å². The lowest BCUT2D eigenvalue weighted by molar-refractivity contribution is 0.102. The molecule has 2 aromatic heterocycles. The molecule has 9 heteroatoms. The lowest BCUT2D eigenvalue weighted by atomic mass is 10.2. The normalized spacial score (nSPS) is 11.0. The van der Waals surface area contributed by atoms with Crippen LogP contribution < -0.4 is 5.32 Å². The standard InChI is InChI=1S/C17H16BrClFN5O/c1-3-24-9-13(18)16(23-24)17(26)21-15-6-10(2)25(22-15)8-11-4-5-12(20)7-14(11)19/h4-7,9H,3,8H2,1-2H3,(H,21,22,26).